The van der Waals surface area contributed by atoms with E-state index in [1.807, 2.05) is 16.8 Å². The second-order valence-electron chi connectivity index (χ2n) is 6.82. The third-order valence-corrected chi connectivity index (χ3v) is 5.69. The van der Waals surface area contributed by atoms with Crippen LogP contribution in [-0.4, -0.2) is 53.4 Å². The average Bonchev–Trinajstić information content (AvgIpc) is 2.72. The van der Waals surface area contributed by atoms with E-state index >= 15 is 0 Å². The summed E-state index contributed by atoms with van der Waals surface area (Å²) in [5.74, 6) is 0.235. The van der Waals surface area contributed by atoms with Crippen LogP contribution in [0.5, 0.6) is 0 Å². The molecule has 2 saturated heterocycles. The zero-order valence-corrected chi connectivity index (χ0v) is 14.7. The van der Waals surface area contributed by atoms with E-state index in [1.54, 1.807) is 18.3 Å². The Labute approximate surface area is 147 Å². The van der Waals surface area contributed by atoms with Gasteiger partial charge in [-0.2, -0.15) is 0 Å². The summed E-state index contributed by atoms with van der Waals surface area (Å²) in [5, 5.41) is 3.12. The molecule has 0 radical (unpaired) electrons. The number of hydrogen-bond acceptors (Lipinski definition) is 3. The van der Waals surface area contributed by atoms with Gasteiger partial charge < -0.3 is 15.1 Å². The highest BCUT2D eigenvalue weighted by molar-refractivity contribution is 6.32. The number of nitrogens with zero attached hydrogens (tertiary/aromatic N) is 3. The van der Waals surface area contributed by atoms with Crippen molar-refractivity contribution in [2.75, 3.05) is 32.0 Å². The van der Waals surface area contributed by atoms with Gasteiger partial charge >= 0.3 is 6.03 Å². The second-order valence-corrected chi connectivity index (χ2v) is 7.18. The van der Waals surface area contributed by atoms with Gasteiger partial charge in [-0.15, -0.1) is 0 Å². The molecule has 3 amide bonds. The number of carbonyl (C=O) groups is 2. The predicted octanol–water partition coefficient (Wildman–Crippen LogP) is 2.99. The SMILES string of the molecule is CN1CCC2(CCC1=O)CCN(C(=O)Nc1cccnc1Cl)CC2. The third-order valence-electron chi connectivity index (χ3n) is 5.38. The van der Waals surface area contributed by atoms with Crippen LogP contribution < -0.4 is 5.32 Å². The molecule has 2 aliphatic heterocycles. The van der Waals surface area contributed by atoms with Crippen molar-refractivity contribution in [1.82, 2.24) is 14.8 Å². The highest BCUT2D eigenvalue weighted by Crippen LogP contribution is 2.41. The molecule has 2 aliphatic rings. The lowest BCUT2D eigenvalue weighted by molar-refractivity contribution is -0.129. The molecule has 0 saturated carbocycles. The number of amides is 3. The van der Waals surface area contributed by atoms with Crippen LogP contribution in [0.15, 0.2) is 18.3 Å². The van der Waals surface area contributed by atoms with Crippen molar-refractivity contribution >= 4 is 29.2 Å². The summed E-state index contributed by atoms with van der Waals surface area (Å²) in [5.41, 5.74) is 0.731. The number of piperidine rings is 1. The molecule has 0 atom stereocenters. The summed E-state index contributed by atoms with van der Waals surface area (Å²) in [4.78, 5) is 31.9. The molecular weight excluding hydrogens is 328 g/mol. The number of likely N-dealkylation sites (tertiary alicyclic amines) is 2. The Bertz CT molecular complexity index is 629. The van der Waals surface area contributed by atoms with Gasteiger partial charge in [0.1, 0.15) is 0 Å². The molecule has 1 aromatic rings. The minimum atomic E-state index is -0.137. The van der Waals surface area contributed by atoms with Crippen molar-refractivity contribution < 1.29 is 9.59 Å². The minimum absolute atomic E-state index is 0.137. The molecule has 7 heteroatoms. The number of halogens is 1. The number of carbonyl (C=O) groups excluding carboxylic acids is 2. The second kappa shape index (κ2) is 6.97. The van der Waals surface area contributed by atoms with Crippen molar-refractivity contribution in [3.05, 3.63) is 23.5 Å². The van der Waals surface area contributed by atoms with Crippen molar-refractivity contribution in [3.8, 4) is 0 Å². The summed E-state index contributed by atoms with van der Waals surface area (Å²) in [6.07, 6.45) is 6.06. The van der Waals surface area contributed by atoms with Crippen molar-refractivity contribution in [2.45, 2.75) is 32.1 Å². The van der Waals surface area contributed by atoms with E-state index in [1.165, 1.54) is 0 Å². The van der Waals surface area contributed by atoms with Gasteiger partial charge in [-0.1, -0.05) is 11.6 Å². The summed E-state index contributed by atoms with van der Waals surface area (Å²) >= 11 is 5.99. The van der Waals surface area contributed by atoms with Crippen LogP contribution >= 0.6 is 11.6 Å². The van der Waals surface area contributed by atoms with E-state index in [0.717, 1.165) is 32.2 Å². The highest BCUT2D eigenvalue weighted by atomic mass is 35.5. The quantitative estimate of drug-likeness (QED) is 0.792. The number of rotatable bonds is 1. The molecule has 1 N–H and O–H groups in total. The molecule has 3 rings (SSSR count). The topological polar surface area (TPSA) is 65.5 Å². The third kappa shape index (κ3) is 3.64. The Morgan fingerprint density at radius 1 is 1.25 bits per heavy atom. The first-order valence-corrected chi connectivity index (χ1v) is 8.77. The monoisotopic (exact) mass is 350 g/mol. The van der Waals surface area contributed by atoms with Crippen LogP contribution in [0.25, 0.3) is 0 Å². The van der Waals surface area contributed by atoms with E-state index in [9.17, 15) is 9.59 Å². The van der Waals surface area contributed by atoms with E-state index in [4.69, 9.17) is 11.6 Å². The van der Waals surface area contributed by atoms with Gasteiger partial charge in [0.25, 0.3) is 0 Å². The molecule has 1 aromatic heterocycles. The van der Waals surface area contributed by atoms with Crippen LogP contribution in [0.4, 0.5) is 10.5 Å². The van der Waals surface area contributed by atoms with Crippen LogP contribution in [-0.2, 0) is 4.79 Å². The first kappa shape index (κ1) is 17.0. The van der Waals surface area contributed by atoms with Crippen LogP contribution in [0.1, 0.15) is 32.1 Å². The van der Waals surface area contributed by atoms with E-state index in [0.29, 0.717) is 30.4 Å². The Balaban J connectivity index is 1.57. The number of pyridine rings is 1. The van der Waals surface area contributed by atoms with Crippen LogP contribution in [0.3, 0.4) is 0 Å². The fourth-order valence-electron chi connectivity index (χ4n) is 3.58. The van der Waals surface area contributed by atoms with Crippen molar-refractivity contribution in [2.24, 2.45) is 5.41 Å². The summed E-state index contributed by atoms with van der Waals surface area (Å²) in [7, 11) is 1.88. The number of hydrogen-bond donors (Lipinski definition) is 1. The average molecular weight is 351 g/mol. The molecule has 1 spiro atoms. The molecule has 0 unspecified atom stereocenters. The van der Waals surface area contributed by atoms with Gasteiger partial charge in [0.15, 0.2) is 5.15 Å². The Kier molecular flexibility index (Phi) is 4.94. The van der Waals surface area contributed by atoms with Gasteiger partial charge in [-0.25, -0.2) is 9.78 Å². The minimum Gasteiger partial charge on any atom is -0.346 e. The number of nitrogens with one attached hydrogen (secondary N) is 1. The maximum Gasteiger partial charge on any atom is 0.321 e. The summed E-state index contributed by atoms with van der Waals surface area (Å²) in [6, 6.07) is 3.35. The zero-order chi connectivity index (χ0) is 17.2. The maximum absolute atomic E-state index is 12.4. The van der Waals surface area contributed by atoms with Gasteiger partial charge in [-0.05, 0) is 43.2 Å². The van der Waals surface area contributed by atoms with Gasteiger partial charge in [-0.3, -0.25) is 4.79 Å². The molecule has 0 aliphatic carbocycles. The molecule has 6 nitrogen and oxygen atoms in total. The Hall–Kier alpha value is -1.82. The first-order valence-electron chi connectivity index (χ1n) is 8.40. The van der Waals surface area contributed by atoms with Crippen LogP contribution in [0.2, 0.25) is 5.15 Å². The van der Waals surface area contributed by atoms with E-state index in [2.05, 4.69) is 10.3 Å². The number of urea groups is 1. The molecule has 0 bridgehead atoms. The smallest absolute Gasteiger partial charge is 0.321 e. The van der Waals surface area contributed by atoms with Gasteiger partial charge in [0, 0.05) is 39.3 Å². The first-order chi connectivity index (χ1) is 11.5. The molecule has 3 heterocycles. The zero-order valence-electron chi connectivity index (χ0n) is 13.9. The lowest BCUT2D eigenvalue weighted by atomic mass is 9.73. The standard InChI is InChI=1S/C17H23ClN4O2/c1-21-10-6-17(5-4-14(21)23)7-11-22(12-8-17)16(24)20-13-3-2-9-19-15(13)18/h2-3,9H,4-8,10-12H2,1H3,(H,20,24). The molecule has 2 fully saturated rings. The summed E-state index contributed by atoms with van der Waals surface area (Å²) < 4.78 is 0. The predicted molar refractivity (Wildman–Crippen MR) is 93.0 cm³/mol. The maximum atomic E-state index is 12.4. The molecule has 24 heavy (non-hydrogen) atoms. The largest absolute Gasteiger partial charge is 0.346 e. The van der Waals surface area contributed by atoms with Gasteiger partial charge in [0.05, 0.1) is 5.69 Å². The Morgan fingerprint density at radius 2 is 1.96 bits per heavy atom. The highest BCUT2D eigenvalue weighted by Gasteiger charge is 2.38. The normalized spacial score (nSPS) is 20.8. The van der Waals surface area contributed by atoms with Crippen molar-refractivity contribution in [1.29, 1.82) is 0 Å². The van der Waals surface area contributed by atoms with E-state index < -0.39 is 0 Å². The molecule has 130 valence electrons. The number of aromatic nitrogens is 1. The Morgan fingerprint density at radius 3 is 2.67 bits per heavy atom. The number of anilines is 1. The lowest BCUT2D eigenvalue weighted by Crippen LogP contribution is -2.45. The van der Waals surface area contributed by atoms with Crippen LogP contribution in [0, 0.1) is 5.41 Å². The molecular formula is C17H23ClN4O2. The summed E-state index contributed by atoms with van der Waals surface area (Å²) in [6.45, 7) is 2.24. The lowest BCUT2D eigenvalue weighted by Gasteiger charge is -2.41. The van der Waals surface area contributed by atoms with Crippen molar-refractivity contribution in [3.63, 3.8) is 0 Å². The fourth-order valence-corrected chi connectivity index (χ4v) is 3.74. The van der Waals surface area contributed by atoms with E-state index in [-0.39, 0.29) is 17.4 Å². The van der Waals surface area contributed by atoms with Gasteiger partial charge in [0.2, 0.25) is 5.91 Å². The molecule has 0 aromatic carbocycles. The fraction of sp³-hybridized carbons (Fsp3) is 0.588.